The molecule has 1 atom stereocenters. The Morgan fingerprint density at radius 1 is 1.21 bits per heavy atom. The van der Waals surface area contributed by atoms with Crippen LogP contribution in [0.5, 0.6) is 0 Å². The third kappa shape index (κ3) is 3.38. The van der Waals surface area contributed by atoms with E-state index in [9.17, 15) is 4.39 Å². The molecular weight excluding hydrogens is 239 g/mol. The first-order chi connectivity index (χ1) is 9.22. The molecule has 1 unspecified atom stereocenters. The molecule has 0 bridgehead atoms. The van der Waals surface area contributed by atoms with E-state index in [0.717, 1.165) is 12.1 Å². The van der Waals surface area contributed by atoms with Gasteiger partial charge in [-0.1, -0.05) is 31.2 Å². The molecule has 1 aromatic heterocycles. The van der Waals surface area contributed by atoms with Crippen molar-refractivity contribution in [1.29, 1.82) is 0 Å². The molecule has 0 saturated heterocycles. The van der Waals surface area contributed by atoms with E-state index in [0.29, 0.717) is 12.1 Å². The van der Waals surface area contributed by atoms with Crippen LogP contribution in [0.3, 0.4) is 0 Å². The summed E-state index contributed by atoms with van der Waals surface area (Å²) < 4.78 is 13.7. The van der Waals surface area contributed by atoms with Gasteiger partial charge in [-0.2, -0.15) is 0 Å². The second kappa shape index (κ2) is 6.43. The van der Waals surface area contributed by atoms with Crippen LogP contribution in [0.4, 0.5) is 4.39 Å². The van der Waals surface area contributed by atoms with Crippen molar-refractivity contribution in [3.05, 3.63) is 65.2 Å². The summed E-state index contributed by atoms with van der Waals surface area (Å²) in [5.74, 6) is -0.167. The minimum absolute atomic E-state index is 0.0343. The lowest BCUT2D eigenvalue weighted by atomic mass is 10.1. The van der Waals surface area contributed by atoms with E-state index in [1.807, 2.05) is 25.1 Å². The second-order valence-electron chi connectivity index (χ2n) is 4.59. The SMILES string of the molecule is CCc1cccnc1CNC(C)c1ccccc1F. The molecule has 0 radical (unpaired) electrons. The number of rotatable bonds is 5. The molecule has 3 heteroatoms. The van der Waals surface area contributed by atoms with E-state index >= 15 is 0 Å². The highest BCUT2D eigenvalue weighted by Crippen LogP contribution is 2.17. The fourth-order valence-electron chi connectivity index (χ4n) is 2.14. The van der Waals surface area contributed by atoms with Crippen molar-refractivity contribution in [3.63, 3.8) is 0 Å². The lowest BCUT2D eigenvalue weighted by molar-refractivity contribution is 0.523. The van der Waals surface area contributed by atoms with Crippen molar-refractivity contribution in [2.45, 2.75) is 32.9 Å². The third-order valence-electron chi connectivity index (χ3n) is 3.31. The maximum atomic E-state index is 13.7. The third-order valence-corrected chi connectivity index (χ3v) is 3.31. The second-order valence-corrected chi connectivity index (χ2v) is 4.59. The summed E-state index contributed by atoms with van der Waals surface area (Å²) >= 11 is 0. The monoisotopic (exact) mass is 258 g/mol. The molecule has 1 heterocycles. The zero-order valence-electron chi connectivity index (χ0n) is 11.4. The average Bonchev–Trinajstić information content (AvgIpc) is 2.45. The number of aryl methyl sites for hydroxylation is 1. The normalized spacial score (nSPS) is 12.4. The Morgan fingerprint density at radius 2 is 2.00 bits per heavy atom. The fourth-order valence-corrected chi connectivity index (χ4v) is 2.14. The summed E-state index contributed by atoms with van der Waals surface area (Å²) in [7, 11) is 0. The molecule has 0 fully saturated rings. The van der Waals surface area contributed by atoms with Crippen LogP contribution < -0.4 is 5.32 Å². The average molecular weight is 258 g/mol. The highest BCUT2D eigenvalue weighted by molar-refractivity contribution is 5.22. The van der Waals surface area contributed by atoms with Crippen LogP contribution in [0, 0.1) is 5.82 Å². The van der Waals surface area contributed by atoms with E-state index in [1.54, 1.807) is 12.3 Å². The minimum Gasteiger partial charge on any atom is -0.304 e. The number of benzene rings is 1. The van der Waals surface area contributed by atoms with Crippen LogP contribution >= 0.6 is 0 Å². The van der Waals surface area contributed by atoms with Gasteiger partial charge in [0.25, 0.3) is 0 Å². The molecule has 0 aliphatic rings. The molecule has 2 nitrogen and oxygen atoms in total. The van der Waals surface area contributed by atoms with Gasteiger partial charge in [0.2, 0.25) is 0 Å². The number of nitrogens with zero attached hydrogens (tertiary/aromatic N) is 1. The Balaban J connectivity index is 2.04. The summed E-state index contributed by atoms with van der Waals surface area (Å²) in [4.78, 5) is 4.38. The van der Waals surface area contributed by atoms with Crippen molar-refractivity contribution in [2.24, 2.45) is 0 Å². The summed E-state index contributed by atoms with van der Waals surface area (Å²) in [6, 6.07) is 10.9. The van der Waals surface area contributed by atoms with E-state index in [2.05, 4.69) is 23.3 Å². The van der Waals surface area contributed by atoms with Gasteiger partial charge in [0, 0.05) is 24.3 Å². The van der Waals surface area contributed by atoms with Gasteiger partial charge < -0.3 is 5.32 Å². The Kier molecular flexibility index (Phi) is 4.63. The first-order valence-electron chi connectivity index (χ1n) is 6.63. The number of nitrogens with one attached hydrogen (secondary N) is 1. The molecule has 1 aromatic carbocycles. The smallest absolute Gasteiger partial charge is 0.127 e. The Labute approximate surface area is 113 Å². The van der Waals surface area contributed by atoms with Gasteiger partial charge in [-0.25, -0.2) is 4.39 Å². The van der Waals surface area contributed by atoms with Gasteiger partial charge in [-0.05, 0) is 31.0 Å². The van der Waals surface area contributed by atoms with Gasteiger partial charge in [-0.3, -0.25) is 4.98 Å². The molecule has 0 aliphatic heterocycles. The van der Waals surface area contributed by atoms with Crippen LogP contribution in [0.25, 0.3) is 0 Å². The molecule has 19 heavy (non-hydrogen) atoms. The number of pyridine rings is 1. The Morgan fingerprint density at radius 3 is 2.74 bits per heavy atom. The first kappa shape index (κ1) is 13.7. The van der Waals surface area contributed by atoms with Crippen LogP contribution in [-0.4, -0.2) is 4.98 Å². The van der Waals surface area contributed by atoms with E-state index in [1.165, 1.54) is 11.6 Å². The predicted molar refractivity (Wildman–Crippen MR) is 75.3 cm³/mol. The summed E-state index contributed by atoms with van der Waals surface area (Å²) in [5.41, 5.74) is 2.96. The molecular formula is C16H19FN2. The summed E-state index contributed by atoms with van der Waals surface area (Å²) in [6.45, 7) is 4.73. The highest BCUT2D eigenvalue weighted by atomic mass is 19.1. The lowest BCUT2D eigenvalue weighted by Gasteiger charge is -2.15. The predicted octanol–water partition coefficient (Wildman–Crippen LogP) is 3.63. The zero-order valence-corrected chi connectivity index (χ0v) is 11.4. The lowest BCUT2D eigenvalue weighted by Crippen LogP contribution is -2.20. The van der Waals surface area contributed by atoms with Crippen LogP contribution in [0.15, 0.2) is 42.6 Å². The Hall–Kier alpha value is -1.74. The zero-order chi connectivity index (χ0) is 13.7. The van der Waals surface area contributed by atoms with Crippen LogP contribution in [-0.2, 0) is 13.0 Å². The number of hydrogen-bond acceptors (Lipinski definition) is 2. The number of aromatic nitrogens is 1. The van der Waals surface area contributed by atoms with Gasteiger partial charge >= 0.3 is 0 Å². The number of halogens is 1. The van der Waals surface area contributed by atoms with Crippen molar-refractivity contribution in [3.8, 4) is 0 Å². The van der Waals surface area contributed by atoms with E-state index < -0.39 is 0 Å². The molecule has 0 amide bonds. The van der Waals surface area contributed by atoms with Gasteiger partial charge in [-0.15, -0.1) is 0 Å². The van der Waals surface area contributed by atoms with Gasteiger partial charge in [0.05, 0.1) is 5.69 Å². The molecule has 0 spiro atoms. The van der Waals surface area contributed by atoms with E-state index in [4.69, 9.17) is 0 Å². The molecule has 100 valence electrons. The van der Waals surface area contributed by atoms with E-state index in [-0.39, 0.29) is 11.9 Å². The van der Waals surface area contributed by atoms with Crippen molar-refractivity contribution in [1.82, 2.24) is 10.3 Å². The van der Waals surface area contributed by atoms with Crippen LogP contribution in [0.2, 0.25) is 0 Å². The molecule has 2 rings (SSSR count). The van der Waals surface area contributed by atoms with Crippen molar-refractivity contribution >= 4 is 0 Å². The van der Waals surface area contributed by atoms with Crippen molar-refractivity contribution < 1.29 is 4.39 Å². The molecule has 0 saturated carbocycles. The fraction of sp³-hybridized carbons (Fsp3) is 0.312. The quantitative estimate of drug-likeness (QED) is 0.885. The van der Waals surface area contributed by atoms with Gasteiger partial charge in [0.15, 0.2) is 0 Å². The van der Waals surface area contributed by atoms with Gasteiger partial charge in [0.1, 0.15) is 5.82 Å². The molecule has 0 aliphatic carbocycles. The largest absolute Gasteiger partial charge is 0.304 e. The molecule has 2 aromatic rings. The maximum absolute atomic E-state index is 13.7. The van der Waals surface area contributed by atoms with Crippen LogP contribution in [0.1, 0.15) is 36.7 Å². The summed E-state index contributed by atoms with van der Waals surface area (Å²) in [5, 5.41) is 3.33. The summed E-state index contributed by atoms with van der Waals surface area (Å²) in [6.07, 6.45) is 2.75. The standard InChI is InChI=1S/C16H19FN2/c1-3-13-7-6-10-18-16(13)11-19-12(2)14-8-4-5-9-15(14)17/h4-10,12,19H,3,11H2,1-2H3. The maximum Gasteiger partial charge on any atom is 0.127 e. The Bertz CT molecular complexity index is 540. The highest BCUT2D eigenvalue weighted by Gasteiger charge is 2.10. The first-order valence-corrected chi connectivity index (χ1v) is 6.63. The number of hydrogen-bond donors (Lipinski definition) is 1. The minimum atomic E-state index is -0.167. The topological polar surface area (TPSA) is 24.9 Å². The van der Waals surface area contributed by atoms with Crippen molar-refractivity contribution in [2.75, 3.05) is 0 Å². The molecule has 1 N–H and O–H groups in total.